The molecule has 142 valence electrons. The monoisotopic (exact) mass is 394 g/mol. The predicted octanol–water partition coefficient (Wildman–Crippen LogP) is 2.59. The maximum Gasteiger partial charge on any atom is 0.243 e. The summed E-state index contributed by atoms with van der Waals surface area (Å²) in [7, 11) is -1.28. The van der Waals surface area contributed by atoms with Gasteiger partial charge >= 0.3 is 0 Å². The van der Waals surface area contributed by atoms with Gasteiger partial charge in [0.25, 0.3) is 0 Å². The minimum atomic E-state index is -3.41. The second kappa shape index (κ2) is 8.04. The SMILES string of the molecule is CCN(CC)S(=O)(=O)c1ccc(-c2csc(N3CCN(C)CC3)n2)cc1. The van der Waals surface area contributed by atoms with E-state index in [0.29, 0.717) is 18.0 Å². The molecule has 3 rings (SSSR count). The summed E-state index contributed by atoms with van der Waals surface area (Å²) in [6.45, 7) is 8.73. The Hall–Kier alpha value is -1.48. The van der Waals surface area contributed by atoms with Crippen LogP contribution in [0.3, 0.4) is 0 Å². The molecule has 0 spiro atoms. The van der Waals surface area contributed by atoms with Gasteiger partial charge in [0.1, 0.15) is 0 Å². The number of rotatable bonds is 6. The largest absolute Gasteiger partial charge is 0.346 e. The van der Waals surface area contributed by atoms with Gasteiger partial charge in [-0.1, -0.05) is 26.0 Å². The third-order valence-corrected chi connectivity index (χ3v) is 7.72. The van der Waals surface area contributed by atoms with E-state index in [4.69, 9.17) is 4.98 Å². The van der Waals surface area contributed by atoms with Crippen LogP contribution in [0.1, 0.15) is 13.8 Å². The fourth-order valence-electron chi connectivity index (χ4n) is 3.05. The summed E-state index contributed by atoms with van der Waals surface area (Å²) in [6, 6.07) is 7.05. The molecule has 2 heterocycles. The first kappa shape index (κ1) is 19.3. The van der Waals surface area contributed by atoms with Gasteiger partial charge in [-0.2, -0.15) is 4.31 Å². The van der Waals surface area contributed by atoms with E-state index in [0.717, 1.165) is 42.6 Å². The molecule has 26 heavy (non-hydrogen) atoms. The van der Waals surface area contributed by atoms with Crippen LogP contribution in [0.2, 0.25) is 0 Å². The highest BCUT2D eigenvalue weighted by Gasteiger charge is 2.22. The van der Waals surface area contributed by atoms with E-state index >= 15 is 0 Å². The highest BCUT2D eigenvalue weighted by Crippen LogP contribution is 2.29. The summed E-state index contributed by atoms with van der Waals surface area (Å²) in [5, 5.41) is 3.08. The highest BCUT2D eigenvalue weighted by molar-refractivity contribution is 7.89. The predicted molar refractivity (Wildman–Crippen MR) is 107 cm³/mol. The van der Waals surface area contributed by atoms with Crippen LogP contribution in [0.4, 0.5) is 5.13 Å². The normalized spacial score (nSPS) is 16.4. The van der Waals surface area contributed by atoms with E-state index in [1.807, 2.05) is 31.4 Å². The second-order valence-corrected chi connectivity index (χ2v) is 9.19. The zero-order chi connectivity index (χ0) is 18.7. The first-order valence-electron chi connectivity index (χ1n) is 8.95. The Morgan fingerprint density at radius 2 is 1.69 bits per heavy atom. The molecule has 6 nitrogen and oxygen atoms in total. The fourth-order valence-corrected chi connectivity index (χ4v) is 5.40. The molecule has 0 atom stereocenters. The van der Waals surface area contributed by atoms with Crippen LogP contribution >= 0.6 is 11.3 Å². The zero-order valence-electron chi connectivity index (χ0n) is 15.6. The maximum absolute atomic E-state index is 12.6. The number of nitrogens with zero attached hydrogens (tertiary/aromatic N) is 4. The highest BCUT2D eigenvalue weighted by atomic mass is 32.2. The Morgan fingerprint density at radius 3 is 2.27 bits per heavy atom. The summed E-state index contributed by atoms with van der Waals surface area (Å²) in [4.78, 5) is 9.72. The van der Waals surface area contributed by atoms with Crippen LogP contribution in [0, 0.1) is 0 Å². The number of hydrogen-bond acceptors (Lipinski definition) is 6. The lowest BCUT2D eigenvalue weighted by Gasteiger charge is -2.32. The van der Waals surface area contributed by atoms with E-state index in [1.54, 1.807) is 23.5 Å². The van der Waals surface area contributed by atoms with Gasteiger partial charge in [-0.25, -0.2) is 13.4 Å². The Labute approximate surface area is 160 Å². The van der Waals surface area contributed by atoms with Gasteiger partial charge in [-0.3, -0.25) is 0 Å². The van der Waals surface area contributed by atoms with Crippen molar-refractivity contribution in [2.75, 3.05) is 51.2 Å². The van der Waals surface area contributed by atoms with Crippen LogP contribution in [0.15, 0.2) is 34.5 Å². The number of aromatic nitrogens is 1. The summed E-state index contributed by atoms with van der Waals surface area (Å²) >= 11 is 1.64. The van der Waals surface area contributed by atoms with Crippen molar-refractivity contribution in [3.63, 3.8) is 0 Å². The number of hydrogen-bond donors (Lipinski definition) is 0. The van der Waals surface area contributed by atoms with Gasteiger partial charge < -0.3 is 9.80 Å². The van der Waals surface area contributed by atoms with E-state index < -0.39 is 10.0 Å². The van der Waals surface area contributed by atoms with E-state index in [9.17, 15) is 8.42 Å². The topological polar surface area (TPSA) is 56.8 Å². The van der Waals surface area contributed by atoms with Crippen LogP contribution in [0.25, 0.3) is 11.3 Å². The molecule has 8 heteroatoms. The molecule has 0 unspecified atom stereocenters. The molecule has 2 aromatic rings. The molecule has 1 aliphatic rings. The Kier molecular flexibility index (Phi) is 5.96. The molecule has 1 fully saturated rings. The minimum absolute atomic E-state index is 0.333. The number of benzene rings is 1. The Bertz CT molecular complexity index is 821. The first-order chi connectivity index (χ1) is 12.5. The lowest BCUT2D eigenvalue weighted by Crippen LogP contribution is -2.44. The van der Waals surface area contributed by atoms with Crippen molar-refractivity contribution in [3.05, 3.63) is 29.6 Å². The van der Waals surface area contributed by atoms with Crippen molar-refractivity contribution in [3.8, 4) is 11.3 Å². The minimum Gasteiger partial charge on any atom is -0.346 e. The van der Waals surface area contributed by atoms with Crippen molar-refractivity contribution in [1.29, 1.82) is 0 Å². The Morgan fingerprint density at radius 1 is 1.08 bits per heavy atom. The standard InChI is InChI=1S/C18H26N4O2S2/c1-4-22(5-2)26(23,24)16-8-6-15(7-9-16)17-14-25-18(19-17)21-12-10-20(3)11-13-21/h6-9,14H,4-5,10-13H2,1-3H3. The number of thiazole rings is 1. The summed E-state index contributed by atoms with van der Waals surface area (Å²) < 4.78 is 26.6. The van der Waals surface area contributed by atoms with Crippen molar-refractivity contribution >= 4 is 26.5 Å². The number of anilines is 1. The van der Waals surface area contributed by atoms with Gasteiger partial charge in [-0.05, 0) is 19.2 Å². The zero-order valence-corrected chi connectivity index (χ0v) is 17.2. The lowest BCUT2D eigenvalue weighted by atomic mass is 10.2. The molecule has 0 aliphatic carbocycles. The number of likely N-dealkylation sites (N-methyl/N-ethyl adjacent to an activating group) is 1. The molecule has 1 aromatic carbocycles. The quantitative estimate of drug-likeness (QED) is 0.754. The van der Waals surface area contributed by atoms with Crippen LogP contribution in [-0.2, 0) is 10.0 Å². The van der Waals surface area contributed by atoms with Crippen molar-refractivity contribution < 1.29 is 8.42 Å². The van der Waals surface area contributed by atoms with Gasteiger partial charge in [-0.15, -0.1) is 11.3 Å². The van der Waals surface area contributed by atoms with Crippen molar-refractivity contribution in [2.24, 2.45) is 0 Å². The third kappa shape index (κ3) is 3.93. The molecule has 1 aliphatic heterocycles. The molecular weight excluding hydrogens is 368 g/mol. The first-order valence-corrected chi connectivity index (χ1v) is 11.3. The summed E-state index contributed by atoms with van der Waals surface area (Å²) in [5.41, 5.74) is 1.84. The molecule has 0 bridgehead atoms. The van der Waals surface area contributed by atoms with Crippen LogP contribution in [0.5, 0.6) is 0 Å². The van der Waals surface area contributed by atoms with Gasteiger partial charge in [0.05, 0.1) is 10.6 Å². The molecule has 0 amide bonds. The molecule has 1 aromatic heterocycles. The summed E-state index contributed by atoms with van der Waals surface area (Å²) in [5.74, 6) is 0. The molecule has 0 N–H and O–H groups in total. The van der Waals surface area contributed by atoms with Crippen molar-refractivity contribution in [2.45, 2.75) is 18.7 Å². The number of piperazine rings is 1. The average Bonchev–Trinajstić information content (AvgIpc) is 3.13. The number of sulfonamides is 1. The molecule has 0 radical (unpaired) electrons. The second-order valence-electron chi connectivity index (χ2n) is 6.42. The van der Waals surface area contributed by atoms with E-state index in [2.05, 4.69) is 16.8 Å². The Balaban J connectivity index is 1.77. The lowest BCUT2D eigenvalue weighted by molar-refractivity contribution is 0.313. The van der Waals surface area contributed by atoms with Crippen LogP contribution < -0.4 is 4.90 Å². The fraction of sp³-hybridized carbons (Fsp3) is 0.500. The third-order valence-electron chi connectivity index (χ3n) is 4.76. The van der Waals surface area contributed by atoms with Gasteiger partial charge in [0.15, 0.2) is 5.13 Å². The average molecular weight is 395 g/mol. The van der Waals surface area contributed by atoms with Gasteiger partial charge in [0, 0.05) is 50.2 Å². The smallest absolute Gasteiger partial charge is 0.243 e. The molecular formula is C18H26N4O2S2. The van der Waals surface area contributed by atoms with E-state index in [-0.39, 0.29) is 0 Å². The van der Waals surface area contributed by atoms with Gasteiger partial charge in [0.2, 0.25) is 10.0 Å². The molecule has 0 saturated carbocycles. The van der Waals surface area contributed by atoms with E-state index in [1.165, 1.54) is 4.31 Å². The maximum atomic E-state index is 12.6. The summed E-state index contributed by atoms with van der Waals surface area (Å²) in [6.07, 6.45) is 0. The van der Waals surface area contributed by atoms with Crippen LogP contribution in [-0.4, -0.2) is 68.9 Å². The molecule has 1 saturated heterocycles. The van der Waals surface area contributed by atoms with Crippen molar-refractivity contribution in [1.82, 2.24) is 14.2 Å².